The van der Waals surface area contributed by atoms with Gasteiger partial charge in [-0.1, -0.05) is 26.0 Å². The van der Waals surface area contributed by atoms with Gasteiger partial charge in [-0.25, -0.2) is 0 Å². The molecule has 1 saturated heterocycles. The summed E-state index contributed by atoms with van der Waals surface area (Å²) in [5.74, 6) is 1.52. The molecule has 20 heavy (non-hydrogen) atoms. The van der Waals surface area contributed by atoms with Crippen molar-refractivity contribution in [2.45, 2.75) is 39.5 Å². The molecule has 2 bridgehead atoms. The molecule has 2 aliphatic carbocycles. The fourth-order valence-electron chi connectivity index (χ4n) is 4.81. The molecule has 0 aromatic rings. The lowest BCUT2D eigenvalue weighted by molar-refractivity contribution is -0.138. The Morgan fingerprint density at radius 1 is 1.45 bits per heavy atom. The zero-order valence-electron chi connectivity index (χ0n) is 13.1. The molecule has 3 heteroatoms. The Hall–Kier alpha value is -0.830. The first kappa shape index (κ1) is 14.1. The maximum atomic E-state index is 13.1. The molecule has 1 aliphatic heterocycles. The molecule has 3 aliphatic rings. The first-order chi connectivity index (χ1) is 9.41. The van der Waals surface area contributed by atoms with E-state index in [1.54, 1.807) is 7.11 Å². The molecule has 3 rings (SSSR count). The highest BCUT2D eigenvalue weighted by Crippen LogP contribution is 2.66. The summed E-state index contributed by atoms with van der Waals surface area (Å²) in [5, 5.41) is 0. The van der Waals surface area contributed by atoms with Gasteiger partial charge in [-0.15, -0.1) is 0 Å². The highest BCUT2D eigenvalue weighted by Gasteiger charge is 2.61. The Labute approximate surface area is 122 Å². The molecular weight excluding hydrogens is 250 g/mol. The summed E-state index contributed by atoms with van der Waals surface area (Å²) in [6.45, 7) is 11.4. The Balaban J connectivity index is 1.77. The number of carbonyl (C=O) groups is 1. The van der Waals surface area contributed by atoms with Crippen molar-refractivity contribution < 1.29 is 9.53 Å². The van der Waals surface area contributed by atoms with E-state index in [9.17, 15) is 4.79 Å². The van der Waals surface area contributed by atoms with Crippen molar-refractivity contribution in [3.05, 3.63) is 12.2 Å². The van der Waals surface area contributed by atoms with Gasteiger partial charge in [-0.05, 0) is 37.0 Å². The Morgan fingerprint density at radius 2 is 2.20 bits per heavy atom. The van der Waals surface area contributed by atoms with Crippen molar-refractivity contribution in [2.75, 3.05) is 26.8 Å². The Morgan fingerprint density at radius 3 is 2.80 bits per heavy atom. The van der Waals surface area contributed by atoms with Gasteiger partial charge < -0.3 is 9.64 Å². The van der Waals surface area contributed by atoms with Crippen LogP contribution in [-0.2, 0) is 9.53 Å². The van der Waals surface area contributed by atoms with Gasteiger partial charge in [0.1, 0.15) is 0 Å². The molecule has 3 atom stereocenters. The number of fused-ring (bicyclic) bond motifs is 2. The molecule has 0 radical (unpaired) electrons. The fraction of sp³-hybridized carbons (Fsp3) is 0.824. The lowest BCUT2D eigenvalue weighted by Gasteiger charge is -2.39. The minimum atomic E-state index is -0.240. The number of nitrogens with zero attached hydrogens (tertiary/aromatic N) is 1. The lowest BCUT2D eigenvalue weighted by Crippen LogP contribution is -2.43. The molecule has 1 heterocycles. The second-order valence-corrected chi connectivity index (χ2v) is 7.58. The number of rotatable bonds is 3. The Kier molecular flexibility index (Phi) is 3.24. The topological polar surface area (TPSA) is 29.5 Å². The summed E-state index contributed by atoms with van der Waals surface area (Å²) in [6, 6.07) is 0. The highest BCUT2D eigenvalue weighted by molar-refractivity contribution is 5.88. The number of hydrogen-bond acceptors (Lipinski definition) is 2. The van der Waals surface area contributed by atoms with Gasteiger partial charge in [0.25, 0.3) is 0 Å². The summed E-state index contributed by atoms with van der Waals surface area (Å²) >= 11 is 0. The van der Waals surface area contributed by atoms with E-state index < -0.39 is 0 Å². The first-order valence-electron chi connectivity index (χ1n) is 7.90. The molecule has 112 valence electrons. The molecule has 0 aromatic heterocycles. The normalized spacial score (nSPS) is 38.8. The number of likely N-dealkylation sites (tertiary alicyclic amines) is 1. The van der Waals surface area contributed by atoms with Crippen molar-refractivity contribution in [1.29, 1.82) is 0 Å². The van der Waals surface area contributed by atoms with Gasteiger partial charge in [0.2, 0.25) is 5.91 Å². The van der Waals surface area contributed by atoms with E-state index in [1.807, 2.05) is 0 Å². The van der Waals surface area contributed by atoms with E-state index in [1.165, 1.54) is 12.0 Å². The third-order valence-corrected chi connectivity index (χ3v) is 6.28. The minimum absolute atomic E-state index is 0.138. The summed E-state index contributed by atoms with van der Waals surface area (Å²) < 4.78 is 5.24. The molecule has 0 N–H and O–H groups in total. The van der Waals surface area contributed by atoms with Crippen LogP contribution in [0.25, 0.3) is 0 Å². The maximum Gasteiger partial charge on any atom is 0.232 e. The third-order valence-electron chi connectivity index (χ3n) is 6.28. The number of hydrogen-bond donors (Lipinski definition) is 0. The molecule has 1 amide bonds. The van der Waals surface area contributed by atoms with Crippen LogP contribution >= 0.6 is 0 Å². The SMILES string of the molecule is C=C1C(C)(C)[C@@H]2CC[C@@]1(C(=O)N1CC[C@@H](COC)C1)C2. The van der Waals surface area contributed by atoms with Crippen molar-refractivity contribution in [2.24, 2.45) is 22.7 Å². The van der Waals surface area contributed by atoms with Crippen LogP contribution in [0.15, 0.2) is 12.2 Å². The molecule has 0 aromatic carbocycles. The average molecular weight is 277 g/mol. The second-order valence-electron chi connectivity index (χ2n) is 7.58. The van der Waals surface area contributed by atoms with Gasteiger partial charge >= 0.3 is 0 Å². The largest absolute Gasteiger partial charge is 0.384 e. The van der Waals surface area contributed by atoms with Crippen LogP contribution in [0.3, 0.4) is 0 Å². The van der Waals surface area contributed by atoms with Gasteiger partial charge in [-0.2, -0.15) is 0 Å². The summed E-state index contributed by atoms with van der Waals surface area (Å²) in [5.41, 5.74) is 1.09. The predicted octanol–water partition coefficient (Wildman–Crippen LogP) is 2.86. The number of carbonyl (C=O) groups excluding carboxylic acids is 1. The number of methoxy groups -OCH3 is 1. The fourth-order valence-corrected chi connectivity index (χ4v) is 4.81. The van der Waals surface area contributed by atoms with Crippen LogP contribution in [0.1, 0.15) is 39.5 Å². The highest BCUT2D eigenvalue weighted by atomic mass is 16.5. The van der Waals surface area contributed by atoms with Crippen molar-refractivity contribution in [3.8, 4) is 0 Å². The van der Waals surface area contributed by atoms with Gasteiger partial charge in [-0.3, -0.25) is 4.79 Å². The number of ether oxygens (including phenoxy) is 1. The third kappa shape index (κ3) is 1.78. The van der Waals surface area contributed by atoms with Crippen LogP contribution in [0.4, 0.5) is 0 Å². The monoisotopic (exact) mass is 277 g/mol. The summed E-state index contributed by atoms with van der Waals surface area (Å²) in [6.07, 6.45) is 4.31. The smallest absolute Gasteiger partial charge is 0.232 e. The van der Waals surface area contributed by atoms with E-state index in [-0.39, 0.29) is 10.8 Å². The van der Waals surface area contributed by atoms with E-state index in [2.05, 4.69) is 25.3 Å². The van der Waals surface area contributed by atoms with Crippen LogP contribution < -0.4 is 0 Å². The van der Waals surface area contributed by atoms with Crippen LogP contribution in [0.5, 0.6) is 0 Å². The standard InChI is InChI=1S/C17H27NO2/c1-12-16(2,3)14-5-7-17(12,9-14)15(19)18-8-6-13(10-18)11-20-4/h13-14H,1,5-11H2,2-4H3/t13-,14-,17-/m1/s1. The minimum Gasteiger partial charge on any atom is -0.384 e. The zero-order valence-corrected chi connectivity index (χ0v) is 13.1. The van der Waals surface area contributed by atoms with Gasteiger partial charge in [0, 0.05) is 26.1 Å². The lowest BCUT2D eigenvalue weighted by atomic mass is 9.68. The van der Waals surface area contributed by atoms with E-state index >= 15 is 0 Å². The molecule has 3 fully saturated rings. The zero-order chi connectivity index (χ0) is 14.5. The van der Waals surface area contributed by atoms with Crippen LogP contribution in [0.2, 0.25) is 0 Å². The number of amides is 1. The molecule has 2 saturated carbocycles. The van der Waals surface area contributed by atoms with Crippen molar-refractivity contribution in [1.82, 2.24) is 4.90 Å². The maximum absolute atomic E-state index is 13.1. The van der Waals surface area contributed by atoms with E-state index in [0.717, 1.165) is 39.0 Å². The van der Waals surface area contributed by atoms with Crippen LogP contribution in [0, 0.1) is 22.7 Å². The predicted molar refractivity (Wildman–Crippen MR) is 79.3 cm³/mol. The van der Waals surface area contributed by atoms with Gasteiger partial charge in [0.15, 0.2) is 0 Å². The molecule has 0 unspecified atom stereocenters. The molecule has 0 spiro atoms. The quantitative estimate of drug-likeness (QED) is 0.742. The molecule has 3 nitrogen and oxygen atoms in total. The van der Waals surface area contributed by atoms with Crippen molar-refractivity contribution >= 4 is 5.91 Å². The van der Waals surface area contributed by atoms with Crippen LogP contribution in [-0.4, -0.2) is 37.6 Å². The first-order valence-corrected chi connectivity index (χ1v) is 7.90. The van der Waals surface area contributed by atoms with Crippen molar-refractivity contribution in [3.63, 3.8) is 0 Å². The summed E-state index contributed by atoms with van der Waals surface area (Å²) in [4.78, 5) is 15.2. The van der Waals surface area contributed by atoms with E-state index in [4.69, 9.17) is 4.74 Å². The second kappa shape index (κ2) is 4.59. The van der Waals surface area contributed by atoms with E-state index in [0.29, 0.717) is 17.7 Å². The Bertz CT molecular complexity index is 442. The summed E-state index contributed by atoms with van der Waals surface area (Å²) in [7, 11) is 1.74. The average Bonchev–Trinajstić information content (AvgIpc) is 3.07. The van der Waals surface area contributed by atoms with Gasteiger partial charge in [0.05, 0.1) is 12.0 Å². The molecular formula is C17H27NO2.